The Morgan fingerprint density at radius 2 is 1.97 bits per heavy atom. The molecule has 162 valence electrons. The first-order valence-electron chi connectivity index (χ1n) is 9.54. The molecule has 3 aromatic carbocycles. The van der Waals surface area contributed by atoms with Gasteiger partial charge in [-0.3, -0.25) is 9.69 Å². The molecular weight excluding hydrogens is 546 g/mol. The molecule has 0 N–H and O–H groups in total. The molecule has 0 spiro atoms. The fourth-order valence-electron chi connectivity index (χ4n) is 3.09. The van der Waals surface area contributed by atoms with Crippen LogP contribution in [0.1, 0.15) is 11.1 Å². The number of ether oxygens (including phenoxy) is 1. The zero-order valence-electron chi connectivity index (χ0n) is 16.9. The minimum Gasteiger partial charge on any atom is -0.488 e. The largest absolute Gasteiger partial charge is 0.488 e. The fourth-order valence-corrected chi connectivity index (χ4v) is 5.54. The van der Waals surface area contributed by atoms with Crippen molar-refractivity contribution in [1.29, 1.82) is 0 Å². The Balaban J connectivity index is 1.51. The van der Waals surface area contributed by atoms with Crippen molar-refractivity contribution in [3.63, 3.8) is 0 Å². The van der Waals surface area contributed by atoms with E-state index in [0.29, 0.717) is 26.6 Å². The lowest BCUT2D eigenvalue weighted by atomic mass is 10.2. The van der Waals surface area contributed by atoms with Crippen LogP contribution in [0.3, 0.4) is 0 Å². The van der Waals surface area contributed by atoms with Crippen LogP contribution in [0.25, 0.3) is 6.08 Å². The third-order valence-corrected chi connectivity index (χ3v) is 7.72. The summed E-state index contributed by atoms with van der Waals surface area (Å²) in [6, 6.07) is 21.1. The standard InChI is InChI=1S/C24H17BrClNO2S3/c1-31-18-7-4-6-17(13-18)27-23(28)22(32-24(27)30)12-15-9-10-21(19(25)11-15)29-14-16-5-2-3-8-20(16)26/h2-13H,14H2,1H3/b22-12+. The summed E-state index contributed by atoms with van der Waals surface area (Å²) in [7, 11) is 0. The van der Waals surface area contributed by atoms with Gasteiger partial charge in [-0.15, -0.1) is 11.8 Å². The van der Waals surface area contributed by atoms with E-state index in [2.05, 4.69) is 15.9 Å². The number of anilines is 1. The molecule has 1 fully saturated rings. The molecule has 1 aliphatic heterocycles. The van der Waals surface area contributed by atoms with Crippen molar-refractivity contribution >= 4 is 85.3 Å². The van der Waals surface area contributed by atoms with E-state index >= 15 is 0 Å². The van der Waals surface area contributed by atoms with Gasteiger partial charge >= 0.3 is 0 Å². The summed E-state index contributed by atoms with van der Waals surface area (Å²) >= 11 is 18.2. The molecule has 0 bridgehead atoms. The smallest absolute Gasteiger partial charge is 0.270 e. The van der Waals surface area contributed by atoms with Crippen LogP contribution in [0.4, 0.5) is 5.69 Å². The molecule has 0 radical (unpaired) electrons. The van der Waals surface area contributed by atoms with Gasteiger partial charge < -0.3 is 4.74 Å². The van der Waals surface area contributed by atoms with Gasteiger partial charge in [0.2, 0.25) is 0 Å². The fraction of sp³-hybridized carbons (Fsp3) is 0.0833. The first-order valence-corrected chi connectivity index (χ1v) is 13.2. The second-order valence-electron chi connectivity index (χ2n) is 6.79. The monoisotopic (exact) mass is 561 g/mol. The van der Waals surface area contributed by atoms with Crippen LogP contribution >= 0.6 is 63.3 Å². The number of hydrogen-bond acceptors (Lipinski definition) is 5. The van der Waals surface area contributed by atoms with E-state index in [1.54, 1.807) is 16.7 Å². The molecule has 1 aliphatic rings. The molecule has 1 heterocycles. The van der Waals surface area contributed by atoms with Gasteiger partial charge in [0.05, 0.1) is 15.1 Å². The molecule has 0 aromatic heterocycles. The van der Waals surface area contributed by atoms with Gasteiger partial charge in [-0.1, -0.05) is 65.9 Å². The Morgan fingerprint density at radius 3 is 2.72 bits per heavy atom. The van der Waals surface area contributed by atoms with Crippen molar-refractivity contribution in [2.75, 3.05) is 11.2 Å². The summed E-state index contributed by atoms with van der Waals surface area (Å²) in [5.74, 6) is 0.580. The molecule has 0 atom stereocenters. The van der Waals surface area contributed by atoms with Gasteiger partial charge in [-0.05, 0) is 70.2 Å². The van der Waals surface area contributed by atoms with E-state index in [1.165, 1.54) is 11.8 Å². The van der Waals surface area contributed by atoms with Crippen LogP contribution < -0.4 is 9.64 Å². The van der Waals surface area contributed by atoms with Gasteiger partial charge in [0.25, 0.3) is 5.91 Å². The van der Waals surface area contributed by atoms with Crippen LogP contribution in [0.5, 0.6) is 5.75 Å². The summed E-state index contributed by atoms with van der Waals surface area (Å²) in [4.78, 5) is 16.3. The maximum atomic E-state index is 13.1. The van der Waals surface area contributed by atoms with E-state index in [4.69, 9.17) is 28.6 Å². The van der Waals surface area contributed by atoms with Crippen molar-refractivity contribution in [2.45, 2.75) is 11.5 Å². The topological polar surface area (TPSA) is 29.5 Å². The Hall–Kier alpha value is -1.77. The minimum absolute atomic E-state index is 0.117. The number of amides is 1. The molecule has 0 saturated carbocycles. The first-order chi connectivity index (χ1) is 15.5. The van der Waals surface area contributed by atoms with Gasteiger partial charge in [0.1, 0.15) is 12.4 Å². The number of benzene rings is 3. The lowest BCUT2D eigenvalue weighted by Gasteiger charge is -2.15. The van der Waals surface area contributed by atoms with E-state index in [1.807, 2.05) is 79.1 Å². The Bertz CT molecular complexity index is 1230. The van der Waals surface area contributed by atoms with Crippen molar-refractivity contribution in [2.24, 2.45) is 0 Å². The molecule has 3 aromatic rings. The molecular formula is C24H17BrClNO2S3. The van der Waals surface area contributed by atoms with Gasteiger partial charge in [-0.2, -0.15) is 0 Å². The molecule has 32 heavy (non-hydrogen) atoms. The number of carbonyl (C=O) groups is 1. The zero-order valence-corrected chi connectivity index (χ0v) is 21.7. The second-order valence-corrected chi connectivity index (χ2v) is 10.6. The highest BCUT2D eigenvalue weighted by Crippen LogP contribution is 2.37. The quantitative estimate of drug-likeness (QED) is 0.174. The average Bonchev–Trinajstić information content (AvgIpc) is 3.07. The third-order valence-electron chi connectivity index (χ3n) is 4.70. The van der Waals surface area contributed by atoms with Crippen LogP contribution in [0, 0.1) is 0 Å². The molecule has 1 saturated heterocycles. The van der Waals surface area contributed by atoms with Crippen molar-refractivity contribution < 1.29 is 9.53 Å². The van der Waals surface area contributed by atoms with Gasteiger partial charge in [0, 0.05) is 15.5 Å². The second kappa shape index (κ2) is 10.4. The molecule has 8 heteroatoms. The average molecular weight is 563 g/mol. The first kappa shape index (κ1) is 23.4. The number of carbonyl (C=O) groups excluding carboxylic acids is 1. The van der Waals surface area contributed by atoms with Crippen LogP contribution in [-0.4, -0.2) is 16.5 Å². The Kier molecular flexibility index (Phi) is 7.63. The molecule has 1 amide bonds. The predicted octanol–water partition coefficient (Wildman–Crippen LogP) is 7.81. The van der Waals surface area contributed by atoms with E-state index in [9.17, 15) is 4.79 Å². The number of thioether (sulfide) groups is 2. The summed E-state index contributed by atoms with van der Waals surface area (Å²) in [5, 5.41) is 0.672. The summed E-state index contributed by atoms with van der Waals surface area (Å²) in [6.07, 6.45) is 3.85. The van der Waals surface area contributed by atoms with Crippen LogP contribution in [0.2, 0.25) is 5.02 Å². The Labute approximate surface area is 214 Å². The maximum Gasteiger partial charge on any atom is 0.270 e. The third kappa shape index (κ3) is 5.24. The molecule has 4 rings (SSSR count). The predicted molar refractivity (Wildman–Crippen MR) is 144 cm³/mol. The molecule has 0 aliphatic carbocycles. The molecule has 3 nitrogen and oxygen atoms in total. The molecule has 0 unspecified atom stereocenters. The zero-order chi connectivity index (χ0) is 22.7. The van der Waals surface area contributed by atoms with Gasteiger partial charge in [0.15, 0.2) is 4.32 Å². The van der Waals surface area contributed by atoms with Crippen LogP contribution in [0.15, 0.2) is 81.0 Å². The van der Waals surface area contributed by atoms with Crippen molar-refractivity contribution in [3.05, 3.63) is 92.3 Å². The number of rotatable bonds is 6. The SMILES string of the molecule is CSc1cccc(N2C(=O)/C(=C\c3ccc(OCc4ccccc4Cl)c(Br)c3)SC2=S)c1. The highest BCUT2D eigenvalue weighted by atomic mass is 79.9. The lowest BCUT2D eigenvalue weighted by Crippen LogP contribution is -2.27. The summed E-state index contributed by atoms with van der Waals surface area (Å²) in [5.41, 5.74) is 2.58. The number of halogens is 2. The minimum atomic E-state index is -0.117. The number of nitrogens with zero attached hydrogens (tertiary/aromatic N) is 1. The number of hydrogen-bond donors (Lipinski definition) is 0. The van der Waals surface area contributed by atoms with E-state index in [-0.39, 0.29) is 5.91 Å². The lowest BCUT2D eigenvalue weighted by molar-refractivity contribution is -0.113. The summed E-state index contributed by atoms with van der Waals surface area (Å²) in [6.45, 7) is 0.366. The summed E-state index contributed by atoms with van der Waals surface area (Å²) < 4.78 is 7.23. The highest BCUT2D eigenvalue weighted by Gasteiger charge is 2.33. The Morgan fingerprint density at radius 1 is 1.16 bits per heavy atom. The maximum absolute atomic E-state index is 13.1. The normalized spacial score (nSPS) is 15.0. The number of thiocarbonyl (C=S) groups is 1. The van der Waals surface area contributed by atoms with Crippen LogP contribution in [-0.2, 0) is 11.4 Å². The van der Waals surface area contributed by atoms with Gasteiger partial charge in [-0.25, -0.2) is 0 Å². The van der Waals surface area contributed by atoms with Crippen molar-refractivity contribution in [1.82, 2.24) is 0 Å². The van der Waals surface area contributed by atoms with E-state index in [0.717, 1.165) is 26.2 Å². The van der Waals surface area contributed by atoms with Crippen molar-refractivity contribution in [3.8, 4) is 5.75 Å². The highest BCUT2D eigenvalue weighted by molar-refractivity contribution is 9.10. The van der Waals surface area contributed by atoms with E-state index < -0.39 is 0 Å².